The molecule has 2 saturated carbocycles. The van der Waals surface area contributed by atoms with Crippen molar-refractivity contribution in [2.45, 2.75) is 56.7 Å². The van der Waals surface area contributed by atoms with E-state index in [0.29, 0.717) is 24.3 Å². The van der Waals surface area contributed by atoms with Gasteiger partial charge in [-0.15, -0.1) is 0 Å². The fraction of sp³-hybridized carbons (Fsp3) is 0.933. The Morgan fingerprint density at radius 2 is 1.74 bits per heavy atom. The average molecular weight is 268 g/mol. The second-order valence-electron chi connectivity index (χ2n) is 7.14. The molecule has 0 aromatic carbocycles. The van der Waals surface area contributed by atoms with Crippen LogP contribution < -0.4 is 0 Å². The van der Waals surface area contributed by atoms with Crippen molar-refractivity contribution in [2.75, 3.05) is 27.2 Å². The van der Waals surface area contributed by atoms with Crippen LogP contribution in [-0.4, -0.2) is 54.6 Å². The summed E-state index contributed by atoms with van der Waals surface area (Å²) >= 11 is 0. The minimum Gasteiger partial charge on any atom is -0.340 e. The van der Waals surface area contributed by atoms with Crippen molar-refractivity contribution in [1.29, 1.82) is 0 Å². The molecular formula is C15H25FN2O. The molecule has 4 heteroatoms. The Hall–Kier alpha value is -0.640. The topological polar surface area (TPSA) is 23.6 Å². The Balaban J connectivity index is 1.52. The number of hydrogen-bond acceptors (Lipinski definition) is 2. The largest absolute Gasteiger partial charge is 0.340 e. The van der Waals surface area contributed by atoms with Gasteiger partial charge < -0.3 is 9.80 Å². The molecule has 108 valence electrons. The van der Waals surface area contributed by atoms with Crippen LogP contribution in [0.5, 0.6) is 0 Å². The van der Waals surface area contributed by atoms with Crippen LogP contribution in [0.2, 0.25) is 0 Å². The fourth-order valence-corrected chi connectivity index (χ4v) is 3.88. The number of likely N-dealkylation sites (tertiary alicyclic amines) is 1. The van der Waals surface area contributed by atoms with Gasteiger partial charge in [0.05, 0.1) is 0 Å². The molecule has 0 N–H and O–H groups in total. The normalized spacial score (nSPS) is 29.2. The average Bonchev–Trinajstić information content (AvgIpc) is 2.32. The first kappa shape index (κ1) is 13.3. The van der Waals surface area contributed by atoms with E-state index in [2.05, 4.69) is 19.0 Å². The van der Waals surface area contributed by atoms with Crippen LogP contribution in [0.4, 0.5) is 4.39 Å². The van der Waals surface area contributed by atoms with Crippen LogP contribution in [-0.2, 0) is 4.79 Å². The summed E-state index contributed by atoms with van der Waals surface area (Å²) in [6, 6.07) is 0.710. The Morgan fingerprint density at radius 1 is 1.16 bits per heavy atom. The molecule has 0 unspecified atom stereocenters. The number of nitrogens with zero attached hydrogens (tertiary/aromatic N) is 2. The molecule has 2 aliphatic carbocycles. The van der Waals surface area contributed by atoms with Gasteiger partial charge in [0.25, 0.3) is 5.91 Å². The Bertz CT molecular complexity index is 362. The van der Waals surface area contributed by atoms with Gasteiger partial charge in [-0.25, -0.2) is 4.39 Å². The molecular weight excluding hydrogens is 243 g/mol. The van der Waals surface area contributed by atoms with Gasteiger partial charge in [-0.1, -0.05) is 0 Å². The molecule has 0 bridgehead atoms. The van der Waals surface area contributed by atoms with E-state index in [1.165, 1.54) is 12.8 Å². The van der Waals surface area contributed by atoms with Crippen molar-refractivity contribution in [3.63, 3.8) is 0 Å². The van der Waals surface area contributed by atoms with Crippen LogP contribution in [0.25, 0.3) is 0 Å². The lowest BCUT2D eigenvalue weighted by atomic mass is 9.60. The first-order valence-corrected chi connectivity index (χ1v) is 7.59. The number of halogens is 1. The van der Waals surface area contributed by atoms with Crippen molar-refractivity contribution < 1.29 is 9.18 Å². The summed E-state index contributed by atoms with van der Waals surface area (Å²) in [6.45, 7) is 1.54. The molecule has 3 rings (SSSR count). The molecule has 0 aromatic rings. The number of hydrogen-bond donors (Lipinski definition) is 0. The van der Waals surface area contributed by atoms with E-state index in [1.54, 1.807) is 4.90 Å². The molecule has 3 nitrogen and oxygen atoms in total. The van der Waals surface area contributed by atoms with Crippen LogP contribution in [0.3, 0.4) is 0 Å². The zero-order valence-electron chi connectivity index (χ0n) is 12.1. The zero-order valence-corrected chi connectivity index (χ0v) is 12.1. The summed E-state index contributed by atoms with van der Waals surface area (Å²) < 4.78 is 14.1. The second kappa shape index (κ2) is 4.44. The standard InChI is InChI=1S/C15H25FN2O/c1-17(2)12-10-14(11-12)6-8-18(9-7-14)13(19)15(16)4-3-5-15/h12H,3-11H2,1-2H3. The molecule has 3 fully saturated rings. The maximum atomic E-state index is 14.1. The van der Waals surface area contributed by atoms with Gasteiger partial charge in [-0.2, -0.15) is 0 Å². The molecule has 1 heterocycles. The molecule has 1 amide bonds. The third kappa shape index (κ3) is 2.18. The van der Waals surface area contributed by atoms with Gasteiger partial charge in [0.2, 0.25) is 0 Å². The Morgan fingerprint density at radius 3 is 2.16 bits per heavy atom. The number of carbonyl (C=O) groups is 1. The first-order valence-electron chi connectivity index (χ1n) is 7.59. The van der Waals surface area contributed by atoms with Gasteiger partial charge in [0.15, 0.2) is 5.67 Å². The summed E-state index contributed by atoms with van der Waals surface area (Å²) in [6.07, 6.45) is 6.39. The number of alkyl halides is 1. The summed E-state index contributed by atoms with van der Waals surface area (Å²) in [4.78, 5) is 16.2. The highest BCUT2D eigenvalue weighted by Gasteiger charge is 2.51. The van der Waals surface area contributed by atoms with E-state index >= 15 is 0 Å². The smallest absolute Gasteiger partial charge is 0.260 e. The van der Waals surface area contributed by atoms with Crippen LogP contribution in [0, 0.1) is 5.41 Å². The lowest BCUT2D eigenvalue weighted by molar-refractivity contribution is -0.154. The first-order chi connectivity index (χ1) is 8.94. The van der Waals surface area contributed by atoms with Gasteiger partial charge in [-0.3, -0.25) is 4.79 Å². The summed E-state index contributed by atoms with van der Waals surface area (Å²) in [5.74, 6) is -0.225. The quantitative estimate of drug-likeness (QED) is 0.766. The van der Waals surface area contributed by atoms with E-state index in [-0.39, 0.29) is 5.91 Å². The van der Waals surface area contributed by atoms with E-state index in [1.807, 2.05) is 0 Å². The second-order valence-corrected chi connectivity index (χ2v) is 7.14. The van der Waals surface area contributed by atoms with Crippen LogP contribution >= 0.6 is 0 Å². The van der Waals surface area contributed by atoms with Crippen molar-refractivity contribution in [2.24, 2.45) is 5.41 Å². The molecule has 0 atom stereocenters. The highest BCUT2D eigenvalue weighted by Crippen LogP contribution is 2.51. The monoisotopic (exact) mass is 268 g/mol. The molecule has 19 heavy (non-hydrogen) atoms. The minimum absolute atomic E-state index is 0.225. The van der Waals surface area contributed by atoms with E-state index in [9.17, 15) is 9.18 Å². The summed E-state index contributed by atoms with van der Waals surface area (Å²) in [5, 5.41) is 0. The Kier molecular flexibility index (Phi) is 3.12. The summed E-state index contributed by atoms with van der Waals surface area (Å²) in [7, 11) is 4.28. The zero-order chi connectivity index (χ0) is 13.7. The third-order valence-electron chi connectivity index (χ3n) is 5.71. The minimum atomic E-state index is -1.50. The number of carbonyl (C=O) groups excluding carboxylic acids is 1. The lowest BCUT2D eigenvalue weighted by Crippen LogP contribution is -2.57. The molecule has 1 spiro atoms. The van der Waals surface area contributed by atoms with Crippen molar-refractivity contribution in [3.8, 4) is 0 Å². The van der Waals surface area contributed by atoms with Gasteiger partial charge in [-0.05, 0) is 64.5 Å². The van der Waals surface area contributed by atoms with Crippen LogP contribution in [0.1, 0.15) is 44.9 Å². The van der Waals surface area contributed by atoms with Crippen molar-refractivity contribution >= 4 is 5.91 Å². The summed E-state index contributed by atoms with van der Waals surface area (Å²) in [5.41, 5.74) is -1.05. The highest BCUT2D eigenvalue weighted by molar-refractivity contribution is 5.86. The molecule has 1 saturated heterocycles. The number of amides is 1. The van der Waals surface area contributed by atoms with Gasteiger partial charge in [0.1, 0.15) is 0 Å². The lowest BCUT2D eigenvalue weighted by Gasteiger charge is -2.54. The SMILES string of the molecule is CN(C)C1CC2(CCN(C(=O)C3(F)CCC3)CC2)C1. The van der Waals surface area contributed by atoms with E-state index in [0.717, 1.165) is 32.4 Å². The molecule has 0 radical (unpaired) electrons. The fourth-order valence-electron chi connectivity index (χ4n) is 3.88. The predicted molar refractivity (Wildman–Crippen MR) is 72.6 cm³/mol. The third-order valence-corrected chi connectivity index (χ3v) is 5.71. The highest BCUT2D eigenvalue weighted by atomic mass is 19.1. The van der Waals surface area contributed by atoms with Gasteiger partial charge >= 0.3 is 0 Å². The Labute approximate surface area is 115 Å². The maximum Gasteiger partial charge on any atom is 0.260 e. The maximum absolute atomic E-state index is 14.1. The molecule has 0 aromatic heterocycles. The number of piperidine rings is 1. The van der Waals surface area contributed by atoms with E-state index in [4.69, 9.17) is 0 Å². The van der Waals surface area contributed by atoms with Crippen LogP contribution in [0.15, 0.2) is 0 Å². The molecule has 1 aliphatic heterocycles. The van der Waals surface area contributed by atoms with Gasteiger partial charge in [0, 0.05) is 19.1 Å². The van der Waals surface area contributed by atoms with Crippen molar-refractivity contribution in [3.05, 3.63) is 0 Å². The van der Waals surface area contributed by atoms with Crippen molar-refractivity contribution in [1.82, 2.24) is 9.80 Å². The number of rotatable bonds is 2. The van der Waals surface area contributed by atoms with E-state index < -0.39 is 5.67 Å². The predicted octanol–water partition coefficient (Wildman–Crippen LogP) is 2.21. The molecule has 3 aliphatic rings.